The van der Waals surface area contributed by atoms with Crippen molar-refractivity contribution < 1.29 is 5.11 Å². The van der Waals surface area contributed by atoms with Crippen LogP contribution in [0.2, 0.25) is 0 Å². The Balaban J connectivity index is 1.88. The van der Waals surface area contributed by atoms with E-state index in [9.17, 15) is 5.11 Å². The van der Waals surface area contributed by atoms with Crippen molar-refractivity contribution in [2.45, 2.75) is 24.9 Å². The summed E-state index contributed by atoms with van der Waals surface area (Å²) in [7, 11) is 0. The molecule has 1 heterocycles. The third-order valence-electron chi connectivity index (χ3n) is 3.61. The Kier molecular flexibility index (Phi) is 1.99. The highest BCUT2D eigenvalue weighted by atomic mass is 32.1. The first-order valence-electron chi connectivity index (χ1n) is 5.26. The zero-order valence-electron chi connectivity index (χ0n) is 7.97. The lowest BCUT2D eigenvalue weighted by Gasteiger charge is -2.49. The maximum Gasteiger partial charge on any atom is 0.0656 e. The largest absolute Gasteiger partial charge is 0.392 e. The minimum atomic E-state index is -0.0939. The molecule has 1 aromatic heterocycles. The SMILES string of the molecule is O[C@H]1[C@H]2CCC=C[C@H]2[C@H]1c1cccs1. The number of thiophene rings is 1. The van der Waals surface area contributed by atoms with Crippen molar-refractivity contribution in [3.8, 4) is 0 Å². The van der Waals surface area contributed by atoms with Crippen LogP contribution in [0.5, 0.6) is 0 Å². The van der Waals surface area contributed by atoms with Crippen LogP contribution in [0.4, 0.5) is 0 Å². The van der Waals surface area contributed by atoms with E-state index in [1.54, 1.807) is 11.3 Å². The average molecular weight is 206 g/mol. The number of rotatable bonds is 1. The molecule has 14 heavy (non-hydrogen) atoms. The second kappa shape index (κ2) is 3.21. The zero-order valence-corrected chi connectivity index (χ0v) is 8.78. The van der Waals surface area contributed by atoms with Crippen LogP contribution in [0.1, 0.15) is 23.6 Å². The van der Waals surface area contributed by atoms with Crippen molar-refractivity contribution >= 4 is 11.3 Å². The molecule has 0 unspecified atom stereocenters. The molecule has 2 heteroatoms. The van der Waals surface area contributed by atoms with Gasteiger partial charge in [-0.1, -0.05) is 18.2 Å². The molecule has 0 spiro atoms. The second-order valence-corrected chi connectivity index (χ2v) is 5.26. The van der Waals surface area contributed by atoms with Crippen LogP contribution in [0.3, 0.4) is 0 Å². The minimum Gasteiger partial charge on any atom is -0.392 e. The maximum absolute atomic E-state index is 10.0. The Morgan fingerprint density at radius 3 is 3.14 bits per heavy atom. The molecule has 0 aliphatic heterocycles. The summed E-state index contributed by atoms with van der Waals surface area (Å²) < 4.78 is 0. The molecule has 2 aliphatic carbocycles. The number of hydrogen-bond acceptors (Lipinski definition) is 2. The van der Waals surface area contributed by atoms with E-state index in [1.165, 1.54) is 11.3 Å². The average Bonchev–Trinajstić information content (AvgIpc) is 2.70. The molecular formula is C12H14OS. The molecule has 1 aromatic rings. The highest BCUT2D eigenvalue weighted by Gasteiger charge is 2.49. The van der Waals surface area contributed by atoms with Crippen LogP contribution < -0.4 is 0 Å². The molecule has 3 rings (SSSR count). The fraction of sp³-hybridized carbons (Fsp3) is 0.500. The summed E-state index contributed by atoms with van der Waals surface area (Å²) >= 11 is 1.77. The van der Waals surface area contributed by atoms with Gasteiger partial charge >= 0.3 is 0 Å². The van der Waals surface area contributed by atoms with Gasteiger partial charge in [0.2, 0.25) is 0 Å². The lowest BCUT2D eigenvalue weighted by Crippen LogP contribution is -2.49. The van der Waals surface area contributed by atoms with Gasteiger partial charge in [-0.25, -0.2) is 0 Å². The topological polar surface area (TPSA) is 20.2 Å². The molecule has 0 aromatic carbocycles. The van der Waals surface area contributed by atoms with Crippen LogP contribution in [-0.2, 0) is 0 Å². The Labute approximate surface area is 88.1 Å². The predicted molar refractivity (Wildman–Crippen MR) is 58.4 cm³/mol. The van der Waals surface area contributed by atoms with E-state index in [-0.39, 0.29) is 6.10 Å². The summed E-state index contributed by atoms with van der Waals surface area (Å²) in [6.45, 7) is 0. The first-order chi connectivity index (χ1) is 6.88. The summed E-state index contributed by atoms with van der Waals surface area (Å²) in [5, 5.41) is 12.1. The van der Waals surface area contributed by atoms with E-state index in [0.29, 0.717) is 17.8 Å². The molecule has 74 valence electrons. The number of fused-ring (bicyclic) bond motifs is 1. The van der Waals surface area contributed by atoms with E-state index in [1.807, 2.05) is 0 Å². The van der Waals surface area contributed by atoms with Gasteiger partial charge in [0, 0.05) is 10.8 Å². The van der Waals surface area contributed by atoms with E-state index in [0.717, 1.165) is 6.42 Å². The minimum absolute atomic E-state index is 0.0939. The van der Waals surface area contributed by atoms with Crippen LogP contribution in [0, 0.1) is 11.8 Å². The van der Waals surface area contributed by atoms with Crippen molar-refractivity contribution in [2.24, 2.45) is 11.8 Å². The van der Waals surface area contributed by atoms with Gasteiger partial charge in [0.05, 0.1) is 6.10 Å². The van der Waals surface area contributed by atoms with Gasteiger partial charge in [0.25, 0.3) is 0 Å². The first kappa shape index (κ1) is 8.69. The summed E-state index contributed by atoms with van der Waals surface area (Å²) in [5.74, 6) is 1.53. The van der Waals surface area contributed by atoms with Crippen LogP contribution >= 0.6 is 11.3 Å². The molecule has 0 saturated heterocycles. The third-order valence-corrected chi connectivity index (χ3v) is 4.59. The highest BCUT2D eigenvalue weighted by Crippen LogP contribution is 2.52. The summed E-state index contributed by atoms with van der Waals surface area (Å²) in [6.07, 6.45) is 6.81. The molecule has 0 amide bonds. The fourth-order valence-electron chi connectivity index (χ4n) is 2.85. The zero-order chi connectivity index (χ0) is 9.54. The standard InChI is InChI=1S/C12H14OS/c13-12-9-5-2-1-4-8(9)11(12)10-6-3-7-14-10/h1,3-4,6-9,11-13H,2,5H2/t8-,9+,11+,12+/m1/s1. The molecule has 1 N–H and O–H groups in total. The molecular weight excluding hydrogens is 192 g/mol. The fourth-order valence-corrected chi connectivity index (χ4v) is 3.77. The maximum atomic E-state index is 10.0. The normalized spacial score (nSPS) is 40.4. The van der Waals surface area contributed by atoms with Gasteiger partial charge in [-0.15, -0.1) is 11.3 Å². The number of allylic oxidation sites excluding steroid dienone is 2. The van der Waals surface area contributed by atoms with Crippen molar-refractivity contribution in [1.29, 1.82) is 0 Å². The van der Waals surface area contributed by atoms with E-state index < -0.39 is 0 Å². The van der Waals surface area contributed by atoms with Crippen LogP contribution in [0.25, 0.3) is 0 Å². The molecule has 0 bridgehead atoms. The Morgan fingerprint density at radius 1 is 1.43 bits per heavy atom. The predicted octanol–water partition coefficient (Wildman–Crippen LogP) is 2.79. The van der Waals surface area contributed by atoms with Crippen molar-refractivity contribution in [1.82, 2.24) is 0 Å². The molecule has 0 radical (unpaired) electrons. The van der Waals surface area contributed by atoms with Gasteiger partial charge in [-0.2, -0.15) is 0 Å². The second-order valence-electron chi connectivity index (χ2n) is 4.28. The molecule has 4 atom stereocenters. The number of aliphatic hydroxyl groups excluding tert-OH is 1. The van der Waals surface area contributed by atoms with Gasteiger partial charge < -0.3 is 5.11 Å². The first-order valence-corrected chi connectivity index (χ1v) is 6.14. The van der Waals surface area contributed by atoms with Gasteiger partial charge in [0.1, 0.15) is 0 Å². The Morgan fingerprint density at radius 2 is 2.36 bits per heavy atom. The summed E-state index contributed by atoms with van der Waals surface area (Å²) in [5.41, 5.74) is 0. The lowest BCUT2D eigenvalue weighted by molar-refractivity contribution is -0.0465. The summed E-state index contributed by atoms with van der Waals surface area (Å²) in [4.78, 5) is 1.35. The van der Waals surface area contributed by atoms with E-state index >= 15 is 0 Å². The molecule has 1 saturated carbocycles. The molecule has 1 nitrogen and oxygen atoms in total. The summed E-state index contributed by atoms with van der Waals surface area (Å²) in [6, 6.07) is 4.23. The van der Waals surface area contributed by atoms with Gasteiger partial charge in [-0.05, 0) is 36.1 Å². The van der Waals surface area contributed by atoms with Gasteiger partial charge in [-0.3, -0.25) is 0 Å². The van der Waals surface area contributed by atoms with Crippen LogP contribution in [-0.4, -0.2) is 11.2 Å². The lowest BCUT2D eigenvalue weighted by atomic mass is 9.58. The molecule has 2 aliphatic rings. The Bertz CT molecular complexity index is 341. The molecule has 1 fully saturated rings. The Hall–Kier alpha value is -0.600. The monoisotopic (exact) mass is 206 g/mol. The number of aliphatic hydroxyl groups is 1. The van der Waals surface area contributed by atoms with Gasteiger partial charge in [0.15, 0.2) is 0 Å². The van der Waals surface area contributed by atoms with Crippen molar-refractivity contribution in [2.75, 3.05) is 0 Å². The quantitative estimate of drug-likeness (QED) is 0.700. The van der Waals surface area contributed by atoms with E-state index in [4.69, 9.17) is 0 Å². The van der Waals surface area contributed by atoms with Crippen LogP contribution in [0.15, 0.2) is 29.7 Å². The third kappa shape index (κ3) is 1.11. The van der Waals surface area contributed by atoms with Crippen molar-refractivity contribution in [3.05, 3.63) is 34.5 Å². The highest BCUT2D eigenvalue weighted by molar-refractivity contribution is 7.10. The smallest absolute Gasteiger partial charge is 0.0656 e. The van der Waals surface area contributed by atoms with Crippen molar-refractivity contribution in [3.63, 3.8) is 0 Å². The van der Waals surface area contributed by atoms with E-state index in [2.05, 4.69) is 29.7 Å². The number of hydrogen-bond donors (Lipinski definition) is 1.